The van der Waals surface area contributed by atoms with Crippen molar-refractivity contribution < 1.29 is 14.7 Å². The van der Waals surface area contributed by atoms with Crippen molar-refractivity contribution in [3.63, 3.8) is 0 Å². The first-order valence-electron chi connectivity index (χ1n) is 11.1. The normalized spacial score (nSPS) is 17.5. The van der Waals surface area contributed by atoms with E-state index >= 15 is 0 Å². The number of pyridine rings is 1. The van der Waals surface area contributed by atoms with E-state index in [1.54, 1.807) is 11.0 Å². The van der Waals surface area contributed by atoms with Crippen molar-refractivity contribution >= 4 is 79.7 Å². The monoisotopic (exact) mass is 582 g/mol. The van der Waals surface area contributed by atoms with Crippen LogP contribution in [0.3, 0.4) is 0 Å². The predicted octanol–water partition coefficient (Wildman–Crippen LogP) is 2.19. The molecule has 3 aromatic heterocycles. The fourth-order valence-electron chi connectivity index (χ4n) is 4.13. The van der Waals surface area contributed by atoms with Crippen LogP contribution in [-0.2, 0) is 11.2 Å². The molecule has 1 unspecified atom stereocenters. The van der Waals surface area contributed by atoms with E-state index < -0.39 is 17.7 Å². The van der Waals surface area contributed by atoms with Crippen molar-refractivity contribution in [2.75, 3.05) is 29.9 Å². The topological polar surface area (TPSA) is 170 Å². The second-order valence-corrected chi connectivity index (χ2v) is 10.8. The van der Waals surface area contributed by atoms with Gasteiger partial charge in [-0.1, -0.05) is 34.5 Å². The number of hydrogen-bond acceptors (Lipinski definition) is 10. The number of aliphatic imine (C=N–C) groups is 1. The minimum atomic E-state index is -1.15. The molecule has 0 aliphatic carbocycles. The molecule has 2 amide bonds. The van der Waals surface area contributed by atoms with Crippen LogP contribution in [0.2, 0.25) is 10.2 Å². The summed E-state index contributed by atoms with van der Waals surface area (Å²) in [6.45, 7) is 1.37. The summed E-state index contributed by atoms with van der Waals surface area (Å²) in [7, 11) is 0. The first kappa shape index (κ1) is 25.6. The second-order valence-electron chi connectivity index (χ2n) is 8.21. The number of aromatic nitrogens is 3. The minimum absolute atomic E-state index is 0.00958. The number of nitrogens with zero attached hydrogens (tertiary/aromatic N) is 5. The van der Waals surface area contributed by atoms with Gasteiger partial charge < -0.3 is 21.1 Å². The second kappa shape index (κ2) is 10.4. The average Bonchev–Trinajstić information content (AvgIpc) is 3.61. The summed E-state index contributed by atoms with van der Waals surface area (Å²) < 4.78 is 2.60. The lowest BCUT2D eigenvalue weighted by atomic mass is 10.2. The molecule has 5 heterocycles. The molecule has 0 aromatic carbocycles. The van der Waals surface area contributed by atoms with E-state index in [9.17, 15) is 19.5 Å². The summed E-state index contributed by atoms with van der Waals surface area (Å²) in [4.78, 5) is 53.0. The number of likely N-dealkylation sites (tertiary alicyclic amines) is 1. The molecule has 1 saturated heterocycles. The lowest BCUT2D eigenvalue weighted by Crippen LogP contribution is -2.37. The van der Waals surface area contributed by atoms with Crippen molar-refractivity contribution in [2.24, 2.45) is 10.7 Å². The van der Waals surface area contributed by atoms with Gasteiger partial charge in [0.2, 0.25) is 5.91 Å². The number of aliphatic hydroxyl groups is 1. The number of amides is 2. The Morgan fingerprint density at radius 3 is 2.95 bits per heavy atom. The van der Waals surface area contributed by atoms with Gasteiger partial charge in [0.25, 0.3) is 11.5 Å². The first-order chi connectivity index (χ1) is 17.7. The zero-order chi connectivity index (χ0) is 26.3. The van der Waals surface area contributed by atoms with Crippen molar-refractivity contribution in [1.82, 2.24) is 19.2 Å². The molecule has 0 radical (unpaired) electrons. The Morgan fingerprint density at radius 1 is 1.38 bits per heavy atom. The third-order valence-electron chi connectivity index (χ3n) is 5.89. The Labute approximate surface area is 227 Å². The first-order valence-corrected chi connectivity index (χ1v) is 13.5. The standard InChI is InChI=1S/C21H20Cl2N8O4S2/c22-10-3-4-26-17-9(10)8-12(33)31(17)20(35)14-15(23)27-21(36-14)28-19-13(18(34)29-37-19)16(24)25-5-7-30-6-1-2-11(30)32/h3-4,12,33H,1-2,5-8H2,(H2,24,25)(H,27,28)(H,29,34). The van der Waals surface area contributed by atoms with Crippen LogP contribution in [0, 0.1) is 0 Å². The molecule has 0 bridgehead atoms. The third kappa shape index (κ3) is 4.94. The molecule has 5 N–H and O–H groups in total. The molecular formula is C21H20Cl2N8O4S2. The summed E-state index contributed by atoms with van der Waals surface area (Å²) in [6.07, 6.45) is 1.79. The lowest BCUT2D eigenvalue weighted by Gasteiger charge is -2.19. The highest BCUT2D eigenvalue weighted by Gasteiger charge is 2.37. The molecule has 1 fully saturated rings. The molecular weight excluding hydrogens is 563 g/mol. The van der Waals surface area contributed by atoms with Crippen LogP contribution in [-0.4, -0.2) is 67.9 Å². The van der Waals surface area contributed by atoms with Gasteiger partial charge in [-0.15, -0.1) is 0 Å². The Morgan fingerprint density at radius 2 is 2.19 bits per heavy atom. The van der Waals surface area contributed by atoms with Gasteiger partial charge in [0, 0.05) is 42.7 Å². The Hall–Kier alpha value is -3.04. The maximum absolute atomic E-state index is 13.3. The van der Waals surface area contributed by atoms with E-state index in [1.165, 1.54) is 6.20 Å². The fraction of sp³-hybridized carbons (Fsp3) is 0.333. The van der Waals surface area contributed by atoms with E-state index in [-0.39, 0.29) is 51.3 Å². The maximum Gasteiger partial charge on any atom is 0.274 e. The van der Waals surface area contributed by atoms with Gasteiger partial charge >= 0.3 is 0 Å². The Balaban J connectivity index is 1.34. The van der Waals surface area contributed by atoms with E-state index in [0.717, 1.165) is 34.2 Å². The number of rotatable bonds is 7. The molecule has 2 aliphatic heterocycles. The van der Waals surface area contributed by atoms with Gasteiger partial charge in [0.1, 0.15) is 33.3 Å². The molecule has 5 rings (SSSR count). The molecule has 0 saturated carbocycles. The number of carbonyl (C=O) groups excluding carboxylic acids is 2. The van der Waals surface area contributed by atoms with Crippen molar-refractivity contribution in [3.05, 3.63) is 48.8 Å². The molecule has 12 nitrogen and oxygen atoms in total. The molecule has 16 heteroatoms. The van der Waals surface area contributed by atoms with Gasteiger partial charge in [-0.25, -0.2) is 9.97 Å². The summed E-state index contributed by atoms with van der Waals surface area (Å²) >= 11 is 14.4. The molecule has 0 spiro atoms. The van der Waals surface area contributed by atoms with Gasteiger partial charge in [-0.2, -0.15) is 0 Å². The summed E-state index contributed by atoms with van der Waals surface area (Å²) in [5, 5.41) is 14.4. The minimum Gasteiger partial charge on any atom is -0.383 e. The van der Waals surface area contributed by atoms with Gasteiger partial charge in [-0.3, -0.25) is 28.6 Å². The van der Waals surface area contributed by atoms with E-state index in [1.807, 2.05) is 0 Å². The highest BCUT2D eigenvalue weighted by atomic mass is 35.5. The van der Waals surface area contributed by atoms with Gasteiger partial charge in [0.05, 0.1) is 6.54 Å². The van der Waals surface area contributed by atoms with Gasteiger partial charge in [0.15, 0.2) is 10.3 Å². The van der Waals surface area contributed by atoms with Crippen molar-refractivity contribution in [1.29, 1.82) is 0 Å². The number of hydrogen-bond donors (Lipinski definition) is 4. The van der Waals surface area contributed by atoms with Crippen molar-refractivity contribution in [2.45, 2.75) is 25.5 Å². The highest BCUT2D eigenvalue weighted by molar-refractivity contribution is 7.18. The molecule has 37 heavy (non-hydrogen) atoms. The quantitative estimate of drug-likeness (QED) is 0.242. The number of carbonyl (C=O) groups is 2. The zero-order valence-corrected chi connectivity index (χ0v) is 22.2. The van der Waals surface area contributed by atoms with Crippen LogP contribution in [0.1, 0.15) is 33.6 Å². The van der Waals surface area contributed by atoms with Crippen LogP contribution in [0.15, 0.2) is 22.1 Å². The van der Waals surface area contributed by atoms with Crippen LogP contribution in [0.5, 0.6) is 0 Å². The summed E-state index contributed by atoms with van der Waals surface area (Å²) in [5.41, 5.74) is 6.35. The van der Waals surface area contributed by atoms with Crippen LogP contribution in [0.25, 0.3) is 0 Å². The number of nitrogens with two attached hydrogens (primary N) is 1. The number of nitrogens with one attached hydrogen (secondary N) is 2. The number of H-pyrrole nitrogens is 1. The molecule has 3 aromatic rings. The van der Waals surface area contributed by atoms with Crippen LogP contribution in [0.4, 0.5) is 16.0 Å². The summed E-state index contributed by atoms with van der Waals surface area (Å²) in [5.74, 6) is -0.235. The maximum atomic E-state index is 13.3. The van der Waals surface area contributed by atoms with Crippen molar-refractivity contribution in [3.8, 4) is 0 Å². The van der Waals surface area contributed by atoms with E-state index in [4.69, 9.17) is 28.9 Å². The van der Waals surface area contributed by atoms with Gasteiger partial charge in [-0.05, 0) is 24.0 Å². The third-order valence-corrected chi connectivity index (χ3v) is 8.38. The molecule has 1 atom stereocenters. The Kier molecular flexibility index (Phi) is 7.18. The Bertz CT molecular complexity index is 1470. The van der Waals surface area contributed by atoms with E-state index in [0.29, 0.717) is 35.1 Å². The number of halogens is 2. The number of aliphatic hydroxyl groups excluding tert-OH is 1. The number of anilines is 3. The predicted molar refractivity (Wildman–Crippen MR) is 143 cm³/mol. The SMILES string of the molecule is NC(=NCCN1CCCC1=O)c1c(Nc2nc(Cl)c(C(=O)N3c4nccc(Cl)c4CC3O)s2)s[nH]c1=O. The summed E-state index contributed by atoms with van der Waals surface area (Å²) in [6, 6.07) is 1.59. The van der Waals surface area contributed by atoms with Crippen LogP contribution >= 0.6 is 46.1 Å². The number of fused-ring (bicyclic) bond motifs is 1. The molecule has 194 valence electrons. The number of amidine groups is 1. The number of aromatic amines is 1. The molecule has 2 aliphatic rings. The smallest absolute Gasteiger partial charge is 0.274 e. The zero-order valence-electron chi connectivity index (χ0n) is 19.0. The number of thiazole rings is 1. The van der Waals surface area contributed by atoms with E-state index in [2.05, 4.69) is 24.7 Å². The van der Waals surface area contributed by atoms with Crippen LogP contribution < -0.4 is 21.5 Å². The highest BCUT2D eigenvalue weighted by Crippen LogP contribution is 2.38. The average molecular weight is 583 g/mol. The largest absolute Gasteiger partial charge is 0.383 e. The lowest BCUT2D eigenvalue weighted by molar-refractivity contribution is -0.127. The fourth-order valence-corrected chi connectivity index (χ4v) is 6.29.